The Hall–Kier alpha value is -0.400. The second-order valence-corrected chi connectivity index (χ2v) is 10.2. The summed E-state index contributed by atoms with van der Waals surface area (Å²) in [6.07, 6.45) is 0. The van der Waals surface area contributed by atoms with Crippen molar-refractivity contribution in [2.24, 2.45) is 0 Å². The van der Waals surface area contributed by atoms with E-state index in [2.05, 4.69) is 30.8 Å². The molecule has 21 heavy (non-hydrogen) atoms. The monoisotopic (exact) mass is 449 g/mol. The molecule has 0 amide bonds. The van der Waals surface area contributed by atoms with Crippen LogP contribution in [0.1, 0.15) is 0 Å². The summed E-state index contributed by atoms with van der Waals surface area (Å²) in [5.41, 5.74) is 0. The van der Waals surface area contributed by atoms with Crippen LogP contribution < -0.4 is 4.72 Å². The summed E-state index contributed by atoms with van der Waals surface area (Å²) in [5.74, 6) is -1.16. The van der Waals surface area contributed by atoms with Gasteiger partial charge in [0.15, 0.2) is 4.34 Å². The average molecular weight is 451 g/mol. The molecule has 0 atom stereocenters. The number of hydrogen-bond acceptors (Lipinski definition) is 8. The largest absolute Gasteiger partial charge is 0.481 e. The number of aromatic nitrogens is 2. The predicted octanol–water partition coefficient (Wildman–Crippen LogP) is 2.99. The molecule has 0 saturated carbocycles. The van der Waals surface area contributed by atoms with Gasteiger partial charge >= 0.3 is 5.97 Å². The van der Waals surface area contributed by atoms with Crippen LogP contribution in [0.5, 0.6) is 0 Å². The Kier molecular flexibility index (Phi) is 5.48. The molecule has 2 heterocycles. The molecule has 0 aliphatic heterocycles. The van der Waals surface area contributed by atoms with Crippen LogP contribution in [0.3, 0.4) is 0 Å². The zero-order valence-electron chi connectivity index (χ0n) is 9.74. The number of carboxylic acid groups (broad SMARTS) is 1. The lowest BCUT2D eigenvalue weighted by atomic mass is 10.7. The molecule has 0 unspecified atom stereocenters. The number of sulfonamides is 1. The van der Waals surface area contributed by atoms with E-state index in [1.54, 1.807) is 0 Å². The predicted molar refractivity (Wildman–Crippen MR) is 86.1 cm³/mol. The van der Waals surface area contributed by atoms with Crippen molar-refractivity contribution in [2.75, 3.05) is 10.5 Å². The van der Waals surface area contributed by atoms with E-state index in [0.29, 0.717) is 13.1 Å². The van der Waals surface area contributed by atoms with Crippen LogP contribution in [-0.4, -0.2) is 35.4 Å². The minimum Gasteiger partial charge on any atom is -0.481 e. The molecule has 2 N–H and O–H groups in total. The molecule has 13 heteroatoms. The first-order valence-corrected chi connectivity index (χ1v) is 10.2. The third kappa shape index (κ3) is 4.53. The summed E-state index contributed by atoms with van der Waals surface area (Å²) in [7, 11) is -3.80. The number of nitrogens with one attached hydrogen (secondary N) is 1. The highest BCUT2D eigenvalue weighted by Gasteiger charge is 2.21. The van der Waals surface area contributed by atoms with E-state index in [4.69, 9.17) is 16.7 Å². The van der Waals surface area contributed by atoms with Crippen LogP contribution >= 0.6 is 62.0 Å². The third-order valence-corrected chi connectivity index (χ3v) is 8.21. The molecule has 0 aliphatic carbocycles. The van der Waals surface area contributed by atoms with Gasteiger partial charge in [-0.15, -0.1) is 21.5 Å². The highest BCUT2D eigenvalue weighted by atomic mass is 79.9. The van der Waals surface area contributed by atoms with E-state index in [-0.39, 0.29) is 15.1 Å². The molecular formula is C8H5BrClN3O4S4. The van der Waals surface area contributed by atoms with Gasteiger partial charge in [-0.3, -0.25) is 9.52 Å². The first kappa shape index (κ1) is 17.0. The van der Waals surface area contributed by atoms with Crippen LogP contribution in [0.2, 0.25) is 5.02 Å². The van der Waals surface area contributed by atoms with E-state index in [0.717, 1.165) is 34.4 Å². The molecule has 0 radical (unpaired) electrons. The Morgan fingerprint density at radius 1 is 1.48 bits per heavy atom. The molecule has 0 fully saturated rings. The molecule has 2 rings (SSSR count). The highest BCUT2D eigenvalue weighted by molar-refractivity contribution is 9.11. The van der Waals surface area contributed by atoms with Crippen LogP contribution in [-0.2, 0) is 14.8 Å². The lowest BCUT2D eigenvalue weighted by Gasteiger charge is -2.00. The van der Waals surface area contributed by atoms with Crippen molar-refractivity contribution in [3.63, 3.8) is 0 Å². The van der Waals surface area contributed by atoms with Crippen molar-refractivity contribution < 1.29 is 18.3 Å². The summed E-state index contributed by atoms with van der Waals surface area (Å²) in [6.45, 7) is 0. The molecule has 0 aromatic carbocycles. The third-order valence-electron chi connectivity index (χ3n) is 1.83. The number of thiophene rings is 1. The summed E-state index contributed by atoms with van der Waals surface area (Å²) in [6, 6.07) is 1.32. The zero-order valence-corrected chi connectivity index (χ0v) is 15.3. The van der Waals surface area contributed by atoms with Crippen molar-refractivity contribution in [1.82, 2.24) is 10.2 Å². The van der Waals surface area contributed by atoms with Crippen molar-refractivity contribution in [3.8, 4) is 0 Å². The van der Waals surface area contributed by atoms with Crippen LogP contribution in [0.15, 0.2) is 18.4 Å². The Labute approximate surface area is 144 Å². The Balaban J connectivity index is 2.12. The first-order valence-electron chi connectivity index (χ1n) is 4.93. The molecule has 0 spiro atoms. The second-order valence-electron chi connectivity index (χ2n) is 3.35. The van der Waals surface area contributed by atoms with E-state index in [9.17, 15) is 13.2 Å². The molecule has 7 nitrogen and oxygen atoms in total. The van der Waals surface area contributed by atoms with E-state index < -0.39 is 16.0 Å². The van der Waals surface area contributed by atoms with Gasteiger partial charge in [-0.05, 0) is 22.0 Å². The number of nitrogens with zero attached hydrogens (tertiary/aromatic N) is 2. The van der Waals surface area contributed by atoms with Crippen LogP contribution in [0, 0.1) is 0 Å². The number of rotatable bonds is 6. The van der Waals surface area contributed by atoms with Gasteiger partial charge in [0.1, 0.15) is 4.21 Å². The minimum absolute atomic E-state index is 0.0364. The van der Waals surface area contributed by atoms with Crippen molar-refractivity contribution in [3.05, 3.63) is 14.9 Å². The smallest absolute Gasteiger partial charge is 0.313 e. The standard InChI is InChI=1S/C8H5BrClN3O4S4/c9-6-3(10)1-5(19-6)21(16,17)13-7-11-12-8(20-7)18-2-4(14)15/h1H,2H2,(H,11,13)(H,14,15). The fourth-order valence-corrected chi connectivity index (χ4v) is 6.16. The number of hydrogen-bond donors (Lipinski definition) is 2. The van der Waals surface area contributed by atoms with E-state index >= 15 is 0 Å². The number of carbonyl (C=O) groups is 1. The van der Waals surface area contributed by atoms with Crippen molar-refractivity contribution in [1.29, 1.82) is 0 Å². The molecular weight excluding hydrogens is 446 g/mol. The first-order chi connectivity index (χ1) is 9.78. The topological polar surface area (TPSA) is 109 Å². The normalized spacial score (nSPS) is 11.5. The maximum Gasteiger partial charge on any atom is 0.313 e. The lowest BCUT2D eigenvalue weighted by molar-refractivity contribution is -0.133. The van der Waals surface area contributed by atoms with Gasteiger partial charge < -0.3 is 5.11 Å². The fourth-order valence-electron chi connectivity index (χ4n) is 1.06. The van der Waals surface area contributed by atoms with Gasteiger partial charge in [0.2, 0.25) is 5.13 Å². The molecule has 2 aromatic heterocycles. The Morgan fingerprint density at radius 2 is 2.19 bits per heavy atom. The number of aliphatic carboxylic acids is 1. The van der Waals surface area contributed by atoms with Crippen molar-refractivity contribution >= 4 is 83.1 Å². The van der Waals surface area contributed by atoms with Gasteiger partial charge in [0.05, 0.1) is 14.6 Å². The van der Waals surface area contributed by atoms with Crippen molar-refractivity contribution in [2.45, 2.75) is 8.55 Å². The summed E-state index contributed by atoms with van der Waals surface area (Å²) in [4.78, 5) is 10.4. The molecule has 114 valence electrons. The molecule has 0 saturated heterocycles. The SMILES string of the molecule is O=C(O)CSc1nnc(NS(=O)(=O)c2cc(Cl)c(Br)s2)s1. The van der Waals surface area contributed by atoms with Crippen LogP contribution in [0.4, 0.5) is 5.13 Å². The highest BCUT2D eigenvalue weighted by Crippen LogP contribution is 2.35. The van der Waals surface area contributed by atoms with E-state index in [1.165, 1.54) is 6.07 Å². The van der Waals surface area contributed by atoms with Gasteiger partial charge in [-0.1, -0.05) is 34.7 Å². The Bertz CT molecular complexity index is 755. The quantitative estimate of drug-likeness (QED) is 0.651. The zero-order chi connectivity index (χ0) is 15.6. The summed E-state index contributed by atoms with van der Waals surface area (Å²) >= 11 is 11.8. The van der Waals surface area contributed by atoms with Gasteiger partial charge in [0, 0.05) is 0 Å². The second kappa shape index (κ2) is 6.79. The van der Waals surface area contributed by atoms with Gasteiger partial charge in [0.25, 0.3) is 10.0 Å². The molecule has 0 bridgehead atoms. The minimum atomic E-state index is -3.80. The lowest BCUT2D eigenvalue weighted by Crippen LogP contribution is -2.11. The molecule has 2 aromatic rings. The molecule has 0 aliphatic rings. The van der Waals surface area contributed by atoms with Gasteiger partial charge in [-0.25, -0.2) is 8.42 Å². The summed E-state index contributed by atoms with van der Waals surface area (Å²) in [5, 5.41) is 16.3. The Morgan fingerprint density at radius 3 is 2.76 bits per heavy atom. The number of halogens is 2. The number of carboxylic acids is 1. The number of thioether (sulfide) groups is 1. The van der Waals surface area contributed by atoms with Crippen LogP contribution in [0.25, 0.3) is 0 Å². The number of anilines is 1. The maximum atomic E-state index is 12.1. The fraction of sp³-hybridized carbons (Fsp3) is 0.125. The van der Waals surface area contributed by atoms with Gasteiger partial charge in [-0.2, -0.15) is 0 Å². The summed E-state index contributed by atoms with van der Waals surface area (Å²) < 4.78 is 27.4. The average Bonchev–Trinajstić information content (AvgIpc) is 2.95. The maximum absolute atomic E-state index is 12.1. The van der Waals surface area contributed by atoms with E-state index in [1.807, 2.05) is 0 Å².